The number of nitrogens with one attached hydrogen (secondary N) is 1. The van der Waals surface area contributed by atoms with Crippen LogP contribution in [0.5, 0.6) is 0 Å². The van der Waals surface area contributed by atoms with Crippen molar-refractivity contribution in [1.29, 1.82) is 0 Å². The molecule has 1 N–H and O–H groups in total. The molecule has 21 heavy (non-hydrogen) atoms. The molecule has 2 rings (SSSR count). The van der Waals surface area contributed by atoms with Crippen molar-refractivity contribution >= 4 is 27.3 Å². The maximum absolute atomic E-state index is 13.6. The summed E-state index contributed by atoms with van der Waals surface area (Å²) in [6.07, 6.45) is 0. The SMILES string of the molecule is O=[N+]([O-])c1ccc(CNc2cc(F)c(Br)cc2F)cc1F. The fourth-order valence-electron chi connectivity index (χ4n) is 1.66. The van der Waals surface area contributed by atoms with E-state index in [1.54, 1.807) is 0 Å². The average Bonchev–Trinajstić information content (AvgIpc) is 2.41. The summed E-state index contributed by atoms with van der Waals surface area (Å²) in [6.45, 7) is -0.00704. The number of nitro groups is 1. The lowest BCUT2D eigenvalue weighted by Crippen LogP contribution is -2.03. The van der Waals surface area contributed by atoms with Crippen LogP contribution in [0.3, 0.4) is 0 Å². The Labute approximate surface area is 125 Å². The number of nitrogens with zero attached hydrogens (tertiary/aromatic N) is 1. The molecule has 0 radical (unpaired) electrons. The lowest BCUT2D eigenvalue weighted by Gasteiger charge is -2.09. The van der Waals surface area contributed by atoms with Gasteiger partial charge in [0.25, 0.3) is 0 Å². The first-order valence-electron chi connectivity index (χ1n) is 5.69. The predicted molar refractivity (Wildman–Crippen MR) is 74.4 cm³/mol. The van der Waals surface area contributed by atoms with E-state index in [1.165, 1.54) is 6.07 Å². The highest BCUT2D eigenvalue weighted by molar-refractivity contribution is 9.10. The minimum absolute atomic E-state index is 0.00704. The highest BCUT2D eigenvalue weighted by Gasteiger charge is 2.14. The minimum atomic E-state index is -0.984. The molecular formula is C13H8BrF3N2O2. The zero-order valence-corrected chi connectivity index (χ0v) is 12.0. The number of rotatable bonds is 4. The minimum Gasteiger partial charge on any atom is -0.379 e. The Morgan fingerprint density at radius 1 is 1.10 bits per heavy atom. The van der Waals surface area contributed by atoms with Crippen molar-refractivity contribution in [2.24, 2.45) is 0 Å². The molecule has 0 spiro atoms. The summed E-state index contributed by atoms with van der Waals surface area (Å²) in [5, 5.41) is 13.1. The predicted octanol–water partition coefficient (Wildman–Crippen LogP) is 4.39. The molecule has 0 bridgehead atoms. The van der Waals surface area contributed by atoms with Crippen molar-refractivity contribution in [2.75, 3.05) is 5.32 Å². The summed E-state index contributed by atoms with van der Waals surface area (Å²) < 4.78 is 40.3. The van der Waals surface area contributed by atoms with E-state index in [4.69, 9.17) is 0 Å². The van der Waals surface area contributed by atoms with Crippen molar-refractivity contribution in [3.63, 3.8) is 0 Å². The molecule has 0 aliphatic heterocycles. The monoisotopic (exact) mass is 360 g/mol. The molecule has 0 amide bonds. The maximum Gasteiger partial charge on any atom is 0.304 e. The molecule has 0 aliphatic carbocycles. The molecule has 110 valence electrons. The van der Waals surface area contributed by atoms with Crippen LogP contribution in [0.1, 0.15) is 5.56 Å². The second-order valence-electron chi connectivity index (χ2n) is 4.14. The fourth-order valence-corrected chi connectivity index (χ4v) is 1.98. The van der Waals surface area contributed by atoms with E-state index in [0.717, 1.165) is 24.3 Å². The largest absolute Gasteiger partial charge is 0.379 e. The quantitative estimate of drug-likeness (QED) is 0.499. The highest BCUT2D eigenvalue weighted by Crippen LogP contribution is 2.24. The lowest BCUT2D eigenvalue weighted by molar-refractivity contribution is -0.387. The van der Waals surface area contributed by atoms with Crippen molar-refractivity contribution in [2.45, 2.75) is 6.54 Å². The third-order valence-electron chi connectivity index (χ3n) is 2.70. The van der Waals surface area contributed by atoms with Crippen LogP contribution in [0.25, 0.3) is 0 Å². The van der Waals surface area contributed by atoms with Crippen LogP contribution in [0.4, 0.5) is 24.5 Å². The summed E-state index contributed by atoms with van der Waals surface area (Å²) in [5.41, 5.74) is -0.366. The molecule has 0 aliphatic rings. The van der Waals surface area contributed by atoms with Crippen LogP contribution >= 0.6 is 15.9 Å². The number of anilines is 1. The first-order chi connectivity index (χ1) is 9.88. The van der Waals surface area contributed by atoms with E-state index in [1.807, 2.05) is 0 Å². The number of hydrogen-bond donors (Lipinski definition) is 1. The summed E-state index contributed by atoms with van der Waals surface area (Å²) >= 11 is 2.85. The molecule has 4 nitrogen and oxygen atoms in total. The zero-order valence-electron chi connectivity index (χ0n) is 10.4. The normalized spacial score (nSPS) is 10.5. The first kappa shape index (κ1) is 15.3. The van der Waals surface area contributed by atoms with Crippen molar-refractivity contribution in [1.82, 2.24) is 0 Å². The molecule has 0 atom stereocenters. The van der Waals surface area contributed by atoms with E-state index in [9.17, 15) is 23.3 Å². The summed E-state index contributed by atoms with van der Waals surface area (Å²) in [5.74, 6) is -2.30. The topological polar surface area (TPSA) is 55.2 Å². The van der Waals surface area contributed by atoms with Crippen LogP contribution in [0.2, 0.25) is 0 Å². The van der Waals surface area contributed by atoms with Gasteiger partial charge < -0.3 is 5.32 Å². The molecular weight excluding hydrogens is 353 g/mol. The van der Waals surface area contributed by atoms with Gasteiger partial charge in [-0.3, -0.25) is 10.1 Å². The van der Waals surface area contributed by atoms with Crippen LogP contribution in [-0.4, -0.2) is 4.92 Å². The Morgan fingerprint density at radius 2 is 1.81 bits per heavy atom. The lowest BCUT2D eigenvalue weighted by atomic mass is 10.2. The van der Waals surface area contributed by atoms with Crippen LogP contribution < -0.4 is 5.32 Å². The zero-order chi connectivity index (χ0) is 15.6. The Morgan fingerprint density at radius 3 is 2.43 bits per heavy atom. The Bertz CT molecular complexity index is 710. The second-order valence-corrected chi connectivity index (χ2v) is 5.00. The van der Waals surface area contributed by atoms with Gasteiger partial charge >= 0.3 is 5.69 Å². The van der Waals surface area contributed by atoms with Crippen molar-refractivity contribution in [3.05, 3.63) is 67.9 Å². The van der Waals surface area contributed by atoms with E-state index in [-0.39, 0.29) is 16.7 Å². The molecule has 2 aromatic carbocycles. The van der Waals surface area contributed by atoms with Gasteiger partial charge in [0.2, 0.25) is 5.82 Å². The van der Waals surface area contributed by atoms with Gasteiger partial charge in [-0.15, -0.1) is 0 Å². The molecule has 0 unspecified atom stereocenters. The first-order valence-corrected chi connectivity index (χ1v) is 6.49. The van der Waals surface area contributed by atoms with Crippen LogP contribution in [-0.2, 0) is 6.54 Å². The molecule has 0 saturated carbocycles. The van der Waals surface area contributed by atoms with E-state index in [2.05, 4.69) is 21.2 Å². The smallest absolute Gasteiger partial charge is 0.304 e. The Kier molecular flexibility index (Phi) is 4.46. The van der Waals surface area contributed by atoms with E-state index < -0.39 is 28.1 Å². The van der Waals surface area contributed by atoms with Crippen LogP contribution in [0.15, 0.2) is 34.8 Å². The number of hydrogen-bond acceptors (Lipinski definition) is 3. The Hall–Kier alpha value is -2.09. The third kappa shape index (κ3) is 3.52. The van der Waals surface area contributed by atoms with Crippen molar-refractivity contribution < 1.29 is 18.1 Å². The summed E-state index contributed by atoms with van der Waals surface area (Å²) in [4.78, 5) is 9.64. The maximum atomic E-state index is 13.6. The average molecular weight is 361 g/mol. The van der Waals surface area contributed by atoms with Crippen molar-refractivity contribution in [3.8, 4) is 0 Å². The van der Waals surface area contributed by atoms with Gasteiger partial charge in [-0.05, 0) is 33.6 Å². The van der Waals surface area contributed by atoms with Gasteiger partial charge in [0.05, 0.1) is 15.1 Å². The molecule has 0 fully saturated rings. The van der Waals surface area contributed by atoms with Crippen LogP contribution in [0, 0.1) is 27.6 Å². The van der Waals surface area contributed by atoms with Gasteiger partial charge in [0.15, 0.2) is 0 Å². The van der Waals surface area contributed by atoms with E-state index >= 15 is 0 Å². The summed E-state index contributed by atoms with van der Waals surface area (Å²) in [7, 11) is 0. The number of benzene rings is 2. The van der Waals surface area contributed by atoms with Gasteiger partial charge in [0, 0.05) is 18.7 Å². The van der Waals surface area contributed by atoms with Gasteiger partial charge in [0.1, 0.15) is 11.6 Å². The standard InChI is InChI=1S/C13H8BrF3N2O2/c14-8-4-10(16)12(5-9(8)15)18-6-7-1-2-13(19(20)21)11(17)3-7/h1-5,18H,6H2. The second kappa shape index (κ2) is 6.13. The molecule has 0 aromatic heterocycles. The van der Waals surface area contributed by atoms with Gasteiger partial charge in [-0.1, -0.05) is 6.07 Å². The number of nitro benzene ring substituents is 1. The highest BCUT2D eigenvalue weighted by atomic mass is 79.9. The third-order valence-corrected chi connectivity index (χ3v) is 3.31. The van der Waals surface area contributed by atoms with Gasteiger partial charge in [-0.2, -0.15) is 4.39 Å². The molecule has 0 saturated heterocycles. The van der Waals surface area contributed by atoms with E-state index in [0.29, 0.717) is 5.56 Å². The molecule has 0 heterocycles. The fraction of sp³-hybridized carbons (Fsp3) is 0.0769. The van der Waals surface area contributed by atoms with Gasteiger partial charge in [-0.25, -0.2) is 8.78 Å². The molecule has 8 heteroatoms. The molecule has 2 aromatic rings. The Balaban J connectivity index is 2.15. The number of halogens is 4. The summed E-state index contributed by atoms with van der Waals surface area (Å²) in [6, 6.07) is 5.25.